The van der Waals surface area contributed by atoms with E-state index in [4.69, 9.17) is 5.73 Å². The molecule has 146 valence electrons. The third-order valence-corrected chi connectivity index (χ3v) is 4.80. The van der Waals surface area contributed by atoms with Gasteiger partial charge in [0.25, 0.3) is 11.5 Å². The second kappa shape index (κ2) is 7.49. The summed E-state index contributed by atoms with van der Waals surface area (Å²) in [6.45, 7) is 1.47. The number of nitrogens with two attached hydrogens (primary N) is 1. The molecule has 0 aliphatic carbocycles. The number of aliphatic hydroxyl groups excluding tert-OH is 1. The maximum Gasteiger partial charge on any atom is 0.264 e. The molecule has 8 heteroatoms. The Morgan fingerprint density at radius 3 is 2.46 bits per heavy atom. The number of carbonyl (C=O) groups excluding carboxylic acids is 1. The fraction of sp³-hybridized carbons (Fsp3) is 0.250. The first-order chi connectivity index (χ1) is 13.2. The van der Waals surface area contributed by atoms with Gasteiger partial charge < -0.3 is 20.5 Å². The van der Waals surface area contributed by atoms with Crippen molar-refractivity contribution >= 4 is 16.9 Å². The predicted molar refractivity (Wildman–Crippen MR) is 101 cm³/mol. The summed E-state index contributed by atoms with van der Waals surface area (Å²) in [6, 6.07) is 7.77. The van der Waals surface area contributed by atoms with Gasteiger partial charge in [-0.3, -0.25) is 14.6 Å². The van der Waals surface area contributed by atoms with Crippen molar-refractivity contribution in [1.82, 2.24) is 9.55 Å². The quantitative estimate of drug-likeness (QED) is 0.570. The molecule has 3 aromatic rings. The topological polar surface area (TPSA) is 118 Å². The van der Waals surface area contributed by atoms with E-state index in [1.807, 2.05) is 0 Å². The van der Waals surface area contributed by atoms with Gasteiger partial charge in [0, 0.05) is 24.7 Å². The molecule has 0 aliphatic heterocycles. The molecule has 2 heterocycles. The fourth-order valence-corrected chi connectivity index (χ4v) is 3.23. The van der Waals surface area contributed by atoms with Crippen molar-refractivity contribution in [3.05, 3.63) is 75.0 Å². The number of aryl methyl sites for hydroxylation is 1. The summed E-state index contributed by atoms with van der Waals surface area (Å²) < 4.78 is 14.4. The van der Waals surface area contributed by atoms with Gasteiger partial charge in [0.15, 0.2) is 6.29 Å². The summed E-state index contributed by atoms with van der Waals surface area (Å²) in [7, 11) is 1.49. The monoisotopic (exact) mass is 385 g/mol. The van der Waals surface area contributed by atoms with Crippen LogP contribution in [0.5, 0.6) is 0 Å². The lowest BCUT2D eigenvalue weighted by atomic mass is 9.93. The van der Waals surface area contributed by atoms with Crippen molar-refractivity contribution in [3.63, 3.8) is 0 Å². The molecule has 0 unspecified atom stereocenters. The molecule has 0 bridgehead atoms. The zero-order valence-corrected chi connectivity index (χ0v) is 15.4. The molecule has 0 saturated carbocycles. The lowest BCUT2D eigenvalue weighted by molar-refractivity contribution is -0.0559. The summed E-state index contributed by atoms with van der Waals surface area (Å²) >= 11 is 0. The van der Waals surface area contributed by atoms with Crippen LogP contribution in [0.25, 0.3) is 11.0 Å². The molecule has 1 aromatic carbocycles. The first-order valence-electron chi connectivity index (χ1n) is 8.62. The average Bonchev–Trinajstić information content (AvgIpc) is 2.65. The van der Waals surface area contributed by atoms with Crippen LogP contribution in [0.15, 0.2) is 41.3 Å². The minimum Gasteiger partial charge on any atom is -0.368 e. The van der Waals surface area contributed by atoms with Gasteiger partial charge in [-0.2, -0.15) is 0 Å². The highest BCUT2D eigenvalue weighted by atomic mass is 19.1. The zero-order valence-electron chi connectivity index (χ0n) is 15.4. The molecule has 1 amide bonds. The van der Waals surface area contributed by atoms with Crippen molar-refractivity contribution in [2.24, 2.45) is 12.8 Å². The molecule has 7 nitrogen and oxygen atoms in total. The predicted octanol–water partition coefficient (Wildman–Crippen LogP) is 1.18. The van der Waals surface area contributed by atoms with Crippen molar-refractivity contribution in [3.8, 4) is 0 Å². The third kappa shape index (κ3) is 3.51. The van der Waals surface area contributed by atoms with E-state index in [1.54, 1.807) is 24.4 Å². The van der Waals surface area contributed by atoms with Gasteiger partial charge in [-0.1, -0.05) is 19.1 Å². The number of carbonyl (C=O) groups is 1. The Morgan fingerprint density at radius 2 is 1.89 bits per heavy atom. The number of aromatic nitrogens is 2. The molecule has 0 aliphatic rings. The van der Waals surface area contributed by atoms with E-state index in [2.05, 4.69) is 4.98 Å². The molecule has 4 N–H and O–H groups in total. The molecular weight excluding hydrogens is 365 g/mol. The Labute approximate surface area is 159 Å². The number of hydrogen-bond donors (Lipinski definition) is 3. The molecule has 2 aromatic heterocycles. The van der Waals surface area contributed by atoms with Crippen LogP contribution in [-0.4, -0.2) is 32.0 Å². The van der Waals surface area contributed by atoms with Gasteiger partial charge in [0.05, 0.1) is 11.0 Å². The Balaban J connectivity index is 2.22. The Morgan fingerprint density at radius 1 is 1.25 bits per heavy atom. The summed E-state index contributed by atoms with van der Waals surface area (Å²) in [5.74, 6) is -2.24. The van der Waals surface area contributed by atoms with Gasteiger partial charge >= 0.3 is 0 Å². The van der Waals surface area contributed by atoms with Crippen LogP contribution >= 0.6 is 0 Å². The van der Waals surface area contributed by atoms with E-state index in [0.717, 1.165) is 11.1 Å². The average molecular weight is 385 g/mol. The number of primary amides is 1. The summed E-state index contributed by atoms with van der Waals surface area (Å²) in [6.07, 6.45) is 0.234. The van der Waals surface area contributed by atoms with Crippen LogP contribution in [0.1, 0.15) is 39.9 Å². The minimum absolute atomic E-state index is 0.105. The molecular formula is C20H20FN3O4. The zero-order chi connectivity index (χ0) is 20.6. The number of pyridine rings is 2. The van der Waals surface area contributed by atoms with E-state index >= 15 is 0 Å². The second-order valence-corrected chi connectivity index (χ2v) is 6.73. The number of aliphatic hydroxyl groups is 2. The maximum absolute atomic E-state index is 13.1. The molecule has 1 atom stereocenters. The first kappa shape index (κ1) is 19.7. The number of amides is 1. The van der Waals surface area contributed by atoms with Crippen LogP contribution in [0, 0.1) is 5.82 Å². The van der Waals surface area contributed by atoms with Crippen molar-refractivity contribution in [1.29, 1.82) is 0 Å². The van der Waals surface area contributed by atoms with Gasteiger partial charge in [0.1, 0.15) is 11.4 Å². The van der Waals surface area contributed by atoms with Gasteiger partial charge in [-0.25, -0.2) is 4.39 Å². The standard InChI is InChI=1S/C20H20FN3O4/c1-10(20(27)28)15-16(18(22)25)19(26)24(2)14-8-12(9-23-17(14)15)7-11-3-5-13(21)6-4-11/h3-6,8-10,20,27-28H,7H2,1-2H3,(H2,22,25)/t10-/m1/s1. The summed E-state index contributed by atoms with van der Waals surface area (Å²) in [5, 5.41) is 19.2. The van der Waals surface area contributed by atoms with Crippen molar-refractivity contribution < 1.29 is 19.4 Å². The first-order valence-corrected chi connectivity index (χ1v) is 8.62. The van der Waals surface area contributed by atoms with Crippen molar-refractivity contribution in [2.75, 3.05) is 0 Å². The molecule has 28 heavy (non-hydrogen) atoms. The van der Waals surface area contributed by atoms with E-state index in [-0.39, 0.29) is 16.9 Å². The van der Waals surface area contributed by atoms with Crippen LogP contribution in [0.3, 0.4) is 0 Å². The lowest BCUT2D eigenvalue weighted by Crippen LogP contribution is -2.33. The van der Waals surface area contributed by atoms with Crippen molar-refractivity contribution in [2.45, 2.75) is 25.6 Å². The molecule has 0 saturated heterocycles. The Kier molecular flexibility index (Phi) is 5.26. The molecule has 0 fully saturated rings. The highest BCUT2D eigenvalue weighted by molar-refractivity contribution is 5.98. The number of nitrogens with zero attached hydrogens (tertiary/aromatic N) is 2. The SMILES string of the molecule is C[C@H](c1c(C(N)=O)c(=O)n(C)c2cc(Cc3ccc(F)cc3)cnc12)C(O)O. The van der Waals surface area contributed by atoms with E-state index < -0.39 is 23.7 Å². The maximum atomic E-state index is 13.1. The van der Waals surface area contributed by atoms with Gasteiger partial charge in [0.2, 0.25) is 0 Å². The second-order valence-electron chi connectivity index (χ2n) is 6.73. The lowest BCUT2D eigenvalue weighted by Gasteiger charge is -2.20. The number of rotatable bonds is 5. The van der Waals surface area contributed by atoms with Crippen LogP contribution in [0.4, 0.5) is 4.39 Å². The molecule has 0 radical (unpaired) electrons. The highest BCUT2D eigenvalue weighted by Crippen LogP contribution is 2.28. The fourth-order valence-electron chi connectivity index (χ4n) is 3.23. The number of halogens is 1. The normalized spacial score (nSPS) is 12.5. The minimum atomic E-state index is -1.80. The van der Waals surface area contributed by atoms with Crippen LogP contribution in [0.2, 0.25) is 0 Å². The Hall–Kier alpha value is -3.10. The van der Waals surface area contributed by atoms with Gasteiger partial charge in [-0.05, 0) is 35.7 Å². The molecule has 3 rings (SSSR count). The number of fused-ring (bicyclic) bond motifs is 1. The van der Waals surface area contributed by atoms with Crippen LogP contribution < -0.4 is 11.3 Å². The van der Waals surface area contributed by atoms with E-state index in [9.17, 15) is 24.2 Å². The smallest absolute Gasteiger partial charge is 0.264 e. The van der Waals surface area contributed by atoms with Gasteiger partial charge in [-0.15, -0.1) is 0 Å². The molecule has 0 spiro atoms. The number of benzene rings is 1. The summed E-state index contributed by atoms with van der Waals surface area (Å²) in [5.41, 5.74) is 6.89. The van der Waals surface area contributed by atoms with Crippen LogP contribution in [-0.2, 0) is 13.5 Å². The largest absolute Gasteiger partial charge is 0.368 e. The summed E-state index contributed by atoms with van der Waals surface area (Å²) in [4.78, 5) is 29.0. The third-order valence-electron chi connectivity index (χ3n) is 4.80. The number of hydrogen-bond acceptors (Lipinski definition) is 5. The van der Waals surface area contributed by atoms with E-state index in [0.29, 0.717) is 17.5 Å². The van der Waals surface area contributed by atoms with E-state index in [1.165, 1.54) is 30.7 Å². The highest BCUT2D eigenvalue weighted by Gasteiger charge is 2.27. The Bertz CT molecular complexity index is 1110.